The molecule has 4 aromatic rings. The number of aromatic nitrogens is 1. The lowest BCUT2D eigenvalue weighted by atomic mass is 10.0. The van der Waals surface area contributed by atoms with E-state index in [4.69, 9.17) is 21.3 Å². The van der Waals surface area contributed by atoms with Gasteiger partial charge in [0.05, 0.1) is 10.2 Å². The molecule has 0 saturated heterocycles. The molecule has 1 aliphatic rings. The predicted molar refractivity (Wildman–Crippen MR) is 142 cm³/mol. The van der Waals surface area contributed by atoms with E-state index in [0.717, 1.165) is 51.8 Å². The van der Waals surface area contributed by atoms with E-state index in [1.165, 1.54) is 10.4 Å². The highest BCUT2D eigenvalue weighted by atomic mass is 35.5. The van der Waals surface area contributed by atoms with E-state index in [1.54, 1.807) is 60.8 Å². The van der Waals surface area contributed by atoms with E-state index in [1.807, 2.05) is 18.2 Å². The number of benzene rings is 2. The summed E-state index contributed by atoms with van der Waals surface area (Å²) in [5.74, 6) is 0.399. The summed E-state index contributed by atoms with van der Waals surface area (Å²) in [7, 11) is 0. The standard InChI is InChI=1S/C26H26ClN3O2S2/c1-4-30-14-13-18-21(15-30)34-24(22(18)23-28-19-7-5-6-8-20(19)33-23)29-25(31)26(2,3)32-17-11-9-16(27)10-12-17/h5-12H,4,13-15H2,1-3H3,(H,29,31). The van der Waals surface area contributed by atoms with Crippen molar-refractivity contribution in [1.29, 1.82) is 0 Å². The van der Waals surface area contributed by atoms with Crippen molar-refractivity contribution in [3.63, 3.8) is 0 Å². The molecule has 0 aliphatic carbocycles. The van der Waals surface area contributed by atoms with Gasteiger partial charge in [0.1, 0.15) is 15.8 Å². The van der Waals surface area contributed by atoms with Gasteiger partial charge in [-0.3, -0.25) is 9.69 Å². The third kappa shape index (κ3) is 4.58. The summed E-state index contributed by atoms with van der Waals surface area (Å²) >= 11 is 9.32. The smallest absolute Gasteiger partial charge is 0.268 e. The topological polar surface area (TPSA) is 54.5 Å². The molecule has 1 aliphatic heterocycles. The highest BCUT2D eigenvalue weighted by Crippen LogP contribution is 2.46. The Morgan fingerprint density at radius 2 is 1.94 bits per heavy atom. The van der Waals surface area contributed by atoms with Crippen molar-refractivity contribution in [3.05, 3.63) is 64.0 Å². The van der Waals surface area contributed by atoms with Crippen molar-refractivity contribution < 1.29 is 9.53 Å². The highest BCUT2D eigenvalue weighted by molar-refractivity contribution is 7.22. The summed E-state index contributed by atoms with van der Waals surface area (Å²) in [6.07, 6.45) is 0.950. The molecule has 0 saturated carbocycles. The molecule has 1 amide bonds. The number of thiazole rings is 1. The normalized spacial score (nSPS) is 14.2. The number of hydrogen-bond donors (Lipinski definition) is 1. The third-order valence-electron chi connectivity index (χ3n) is 6.05. The van der Waals surface area contributed by atoms with Crippen LogP contribution >= 0.6 is 34.3 Å². The lowest BCUT2D eigenvalue weighted by Gasteiger charge is -2.25. The highest BCUT2D eigenvalue weighted by Gasteiger charge is 2.33. The fraction of sp³-hybridized carbons (Fsp3) is 0.308. The predicted octanol–water partition coefficient (Wildman–Crippen LogP) is 6.85. The molecule has 8 heteroatoms. The SMILES string of the molecule is CCN1CCc2c(sc(NC(=O)C(C)(C)Oc3ccc(Cl)cc3)c2-c2nc3ccccc3s2)C1. The summed E-state index contributed by atoms with van der Waals surface area (Å²) in [4.78, 5) is 22.1. The van der Waals surface area contributed by atoms with Crippen LogP contribution in [0.5, 0.6) is 5.75 Å². The molecule has 2 aromatic heterocycles. The van der Waals surface area contributed by atoms with E-state index in [0.29, 0.717) is 10.8 Å². The van der Waals surface area contributed by atoms with Crippen LogP contribution in [-0.2, 0) is 17.8 Å². The molecule has 5 rings (SSSR count). The number of nitrogens with one attached hydrogen (secondary N) is 1. The number of carbonyl (C=O) groups excluding carboxylic acids is 1. The van der Waals surface area contributed by atoms with Gasteiger partial charge in [0, 0.05) is 28.6 Å². The van der Waals surface area contributed by atoms with Crippen LogP contribution in [0, 0.1) is 0 Å². The Labute approximate surface area is 212 Å². The first-order valence-electron chi connectivity index (χ1n) is 11.3. The van der Waals surface area contributed by atoms with Crippen molar-refractivity contribution in [2.45, 2.75) is 39.3 Å². The Morgan fingerprint density at radius 1 is 1.18 bits per heavy atom. The molecular formula is C26H26ClN3O2S2. The lowest BCUT2D eigenvalue weighted by molar-refractivity contribution is -0.128. The number of nitrogens with zero attached hydrogens (tertiary/aromatic N) is 2. The molecular weight excluding hydrogens is 486 g/mol. The van der Waals surface area contributed by atoms with Crippen molar-refractivity contribution in [2.75, 3.05) is 18.4 Å². The summed E-state index contributed by atoms with van der Waals surface area (Å²) in [5, 5.41) is 5.62. The Hall–Kier alpha value is -2.45. The Morgan fingerprint density at radius 3 is 2.68 bits per heavy atom. The maximum atomic E-state index is 13.4. The fourth-order valence-electron chi connectivity index (χ4n) is 4.12. The second kappa shape index (κ2) is 9.30. The van der Waals surface area contributed by atoms with Gasteiger partial charge in [-0.05, 0) is 68.8 Å². The van der Waals surface area contributed by atoms with Crippen LogP contribution in [0.4, 0.5) is 5.00 Å². The zero-order valence-corrected chi connectivity index (χ0v) is 21.7. The Bertz CT molecular complexity index is 1310. The number of para-hydroxylation sites is 1. The maximum Gasteiger partial charge on any atom is 0.268 e. The van der Waals surface area contributed by atoms with E-state index in [-0.39, 0.29) is 5.91 Å². The number of hydrogen-bond acceptors (Lipinski definition) is 6. The van der Waals surface area contributed by atoms with E-state index >= 15 is 0 Å². The number of halogens is 1. The molecule has 2 aromatic carbocycles. The summed E-state index contributed by atoms with van der Waals surface area (Å²) < 4.78 is 7.18. The zero-order valence-electron chi connectivity index (χ0n) is 19.4. The van der Waals surface area contributed by atoms with Crippen LogP contribution in [0.1, 0.15) is 31.2 Å². The lowest BCUT2D eigenvalue weighted by Crippen LogP contribution is -2.42. The molecule has 0 fully saturated rings. The number of anilines is 1. The van der Waals surface area contributed by atoms with Gasteiger partial charge >= 0.3 is 0 Å². The van der Waals surface area contributed by atoms with Gasteiger partial charge in [-0.15, -0.1) is 22.7 Å². The number of likely N-dealkylation sites (N-methyl/N-ethyl adjacent to an activating group) is 1. The van der Waals surface area contributed by atoms with Crippen LogP contribution in [0.3, 0.4) is 0 Å². The first kappa shape index (κ1) is 23.3. The van der Waals surface area contributed by atoms with Crippen LogP contribution in [-0.4, -0.2) is 34.5 Å². The third-order valence-corrected chi connectivity index (χ3v) is 8.49. The van der Waals surface area contributed by atoms with Gasteiger partial charge in [-0.2, -0.15) is 0 Å². The quantitative estimate of drug-likeness (QED) is 0.307. The first-order chi connectivity index (χ1) is 16.3. The summed E-state index contributed by atoms with van der Waals surface area (Å²) in [6.45, 7) is 8.66. The van der Waals surface area contributed by atoms with Gasteiger partial charge < -0.3 is 10.1 Å². The van der Waals surface area contributed by atoms with Crippen molar-refractivity contribution in [1.82, 2.24) is 9.88 Å². The molecule has 176 valence electrons. The summed E-state index contributed by atoms with van der Waals surface area (Å²) in [6, 6.07) is 15.2. The molecule has 5 nitrogen and oxygen atoms in total. The molecule has 34 heavy (non-hydrogen) atoms. The van der Waals surface area contributed by atoms with Crippen LogP contribution < -0.4 is 10.1 Å². The van der Waals surface area contributed by atoms with Gasteiger partial charge in [-0.25, -0.2) is 4.98 Å². The average molecular weight is 512 g/mol. The summed E-state index contributed by atoms with van der Waals surface area (Å²) in [5.41, 5.74) is 2.28. The van der Waals surface area contributed by atoms with Gasteiger partial charge in [-0.1, -0.05) is 30.7 Å². The van der Waals surface area contributed by atoms with E-state index in [9.17, 15) is 4.79 Å². The number of rotatable bonds is 6. The average Bonchev–Trinajstić information content (AvgIpc) is 3.40. The minimum Gasteiger partial charge on any atom is -0.478 e. The minimum absolute atomic E-state index is 0.198. The molecule has 1 N–H and O–H groups in total. The second-order valence-corrected chi connectivity index (χ2v) is 11.4. The Kier molecular flexibility index (Phi) is 6.37. The number of thiophene rings is 1. The number of fused-ring (bicyclic) bond motifs is 2. The van der Waals surface area contributed by atoms with Crippen molar-refractivity contribution >= 4 is 55.4 Å². The van der Waals surface area contributed by atoms with E-state index in [2.05, 4.69) is 23.2 Å². The fourth-order valence-corrected chi connectivity index (χ4v) is 6.64. The van der Waals surface area contributed by atoms with E-state index < -0.39 is 5.60 Å². The minimum atomic E-state index is -1.07. The zero-order chi connectivity index (χ0) is 23.9. The van der Waals surface area contributed by atoms with Gasteiger partial charge in [0.15, 0.2) is 5.60 Å². The van der Waals surface area contributed by atoms with Crippen molar-refractivity contribution in [2.24, 2.45) is 0 Å². The largest absolute Gasteiger partial charge is 0.478 e. The van der Waals surface area contributed by atoms with Crippen LogP contribution in [0.2, 0.25) is 5.02 Å². The molecule has 0 bridgehead atoms. The van der Waals surface area contributed by atoms with Crippen LogP contribution in [0.25, 0.3) is 20.8 Å². The maximum absolute atomic E-state index is 13.4. The number of ether oxygens (including phenoxy) is 1. The molecule has 0 atom stereocenters. The molecule has 0 spiro atoms. The van der Waals surface area contributed by atoms with Crippen LogP contribution in [0.15, 0.2) is 48.5 Å². The number of amides is 1. The van der Waals surface area contributed by atoms with Gasteiger partial charge in [0.2, 0.25) is 0 Å². The second-order valence-electron chi connectivity index (χ2n) is 8.83. The first-order valence-corrected chi connectivity index (χ1v) is 13.3. The molecule has 0 radical (unpaired) electrons. The Balaban J connectivity index is 1.49. The monoisotopic (exact) mass is 511 g/mol. The van der Waals surface area contributed by atoms with Gasteiger partial charge in [0.25, 0.3) is 5.91 Å². The van der Waals surface area contributed by atoms with Crippen molar-refractivity contribution in [3.8, 4) is 16.3 Å². The molecule has 3 heterocycles. The number of carbonyl (C=O) groups is 1. The molecule has 0 unspecified atom stereocenters.